The molecule has 0 spiro atoms. The zero-order chi connectivity index (χ0) is 21.5. The van der Waals surface area contributed by atoms with E-state index in [1.165, 1.54) is 11.1 Å². The average Bonchev–Trinajstić information content (AvgIpc) is 2.98. The van der Waals surface area contributed by atoms with Crippen molar-refractivity contribution in [3.63, 3.8) is 0 Å². The smallest absolute Gasteiger partial charge is 0.390 e. The Balaban J connectivity index is 1.34. The van der Waals surface area contributed by atoms with Crippen LogP contribution in [0.15, 0.2) is 18.2 Å². The van der Waals surface area contributed by atoms with Crippen molar-refractivity contribution in [3.8, 4) is 5.75 Å². The number of aryl methyl sites for hydroxylation is 1. The van der Waals surface area contributed by atoms with Gasteiger partial charge < -0.3 is 4.74 Å². The van der Waals surface area contributed by atoms with Crippen LogP contribution in [0.2, 0.25) is 0 Å². The van der Waals surface area contributed by atoms with E-state index in [1.807, 2.05) is 6.07 Å². The van der Waals surface area contributed by atoms with Gasteiger partial charge in [-0.15, -0.1) is 0 Å². The molecule has 4 rings (SSSR count). The molecule has 0 saturated heterocycles. The summed E-state index contributed by atoms with van der Waals surface area (Å²) in [6.45, 7) is 2.62. The third kappa shape index (κ3) is 4.44. The van der Waals surface area contributed by atoms with E-state index in [1.54, 1.807) is 0 Å². The van der Waals surface area contributed by atoms with Gasteiger partial charge in [-0.1, -0.05) is 28.9 Å². The molecular formula is C24H30BrF3O2. The fraction of sp³-hybridized carbons (Fsp3) is 0.708. The summed E-state index contributed by atoms with van der Waals surface area (Å²) in [6, 6.07) is 6.33. The number of fused-ring (bicyclic) bond motifs is 5. The first-order chi connectivity index (χ1) is 14.2. The number of halogens is 4. The molecule has 166 valence electrons. The number of ketones is 1. The molecule has 3 aliphatic carbocycles. The summed E-state index contributed by atoms with van der Waals surface area (Å²) in [5.74, 6) is 2.97. The first kappa shape index (κ1) is 22.2. The molecular weight excluding hydrogens is 457 g/mol. The monoisotopic (exact) mass is 486 g/mol. The van der Waals surface area contributed by atoms with Crippen LogP contribution in [0.25, 0.3) is 0 Å². The third-order valence-corrected chi connectivity index (χ3v) is 8.57. The van der Waals surface area contributed by atoms with Crippen LogP contribution in [0.1, 0.15) is 75.3 Å². The van der Waals surface area contributed by atoms with E-state index in [-0.39, 0.29) is 5.41 Å². The number of hydrogen-bond donors (Lipinski definition) is 0. The van der Waals surface area contributed by atoms with Crippen LogP contribution < -0.4 is 4.74 Å². The number of hydrogen-bond acceptors (Lipinski definition) is 2. The highest BCUT2D eigenvalue weighted by atomic mass is 79.9. The van der Waals surface area contributed by atoms with Gasteiger partial charge in [0.1, 0.15) is 11.5 Å². The zero-order valence-electron chi connectivity index (χ0n) is 17.4. The van der Waals surface area contributed by atoms with Crippen molar-refractivity contribution < 1.29 is 22.7 Å². The Bertz CT molecular complexity index is 793. The zero-order valence-corrected chi connectivity index (χ0v) is 19.0. The van der Waals surface area contributed by atoms with E-state index in [0.717, 1.165) is 44.3 Å². The lowest BCUT2D eigenvalue weighted by molar-refractivity contribution is -0.134. The summed E-state index contributed by atoms with van der Waals surface area (Å²) in [5, 5.41) is 0. The fourth-order valence-corrected chi connectivity index (χ4v) is 6.96. The summed E-state index contributed by atoms with van der Waals surface area (Å²) in [7, 11) is 0. The molecule has 3 aliphatic rings. The Morgan fingerprint density at radius 2 is 2.03 bits per heavy atom. The van der Waals surface area contributed by atoms with E-state index in [2.05, 4.69) is 35.0 Å². The van der Waals surface area contributed by atoms with E-state index in [0.29, 0.717) is 43.0 Å². The number of carbonyl (C=O) groups excluding carboxylic acids is 1. The summed E-state index contributed by atoms with van der Waals surface area (Å²) >= 11 is 3.11. The average molecular weight is 487 g/mol. The van der Waals surface area contributed by atoms with Crippen molar-refractivity contribution >= 4 is 21.7 Å². The van der Waals surface area contributed by atoms with E-state index < -0.39 is 17.4 Å². The van der Waals surface area contributed by atoms with Gasteiger partial charge in [-0.3, -0.25) is 4.79 Å². The number of alkyl halides is 4. The molecule has 0 radical (unpaired) electrons. The van der Waals surface area contributed by atoms with Gasteiger partial charge in [0.15, 0.2) is 0 Å². The van der Waals surface area contributed by atoms with Gasteiger partial charge in [-0.2, -0.15) is 13.2 Å². The molecule has 0 aliphatic heterocycles. The quantitative estimate of drug-likeness (QED) is 0.320. The lowest BCUT2D eigenvalue weighted by atomic mass is 9.55. The molecule has 0 aromatic heterocycles. The first-order valence-electron chi connectivity index (χ1n) is 11.2. The molecule has 0 amide bonds. The van der Waals surface area contributed by atoms with Gasteiger partial charge in [0.25, 0.3) is 0 Å². The molecule has 0 bridgehead atoms. The number of rotatable bonds is 6. The maximum atomic E-state index is 12.5. The van der Waals surface area contributed by atoms with Crippen molar-refractivity contribution in [2.45, 2.75) is 81.6 Å². The molecule has 1 unspecified atom stereocenters. The number of ether oxygens (including phenoxy) is 1. The van der Waals surface area contributed by atoms with Crippen LogP contribution in [0.3, 0.4) is 0 Å². The summed E-state index contributed by atoms with van der Waals surface area (Å²) in [4.78, 5) is 11.9. The van der Waals surface area contributed by atoms with Crippen LogP contribution in [0.4, 0.5) is 13.2 Å². The van der Waals surface area contributed by atoms with Gasteiger partial charge in [0.05, 0.1) is 13.0 Å². The van der Waals surface area contributed by atoms with Gasteiger partial charge in [0, 0.05) is 16.7 Å². The normalized spacial score (nSPS) is 31.6. The highest BCUT2D eigenvalue weighted by molar-refractivity contribution is 9.09. The molecule has 2 nitrogen and oxygen atoms in total. The fourth-order valence-electron chi connectivity index (χ4n) is 6.27. The lowest BCUT2D eigenvalue weighted by Crippen LogP contribution is -2.42. The SMILES string of the molecule is C[C@]12CC[C@@H]3c4ccc(OCCCC(Br)CC(F)(F)F)cc4CC[C@H]3[C@@H]1CCC2=O. The molecule has 2 fully saturated rings. The van der Waals surface area contributed by atoms with Crippen LogP contribution in [0, 0.1) is 17.3 Å². The Hall–Kier alpha value is -1.04. The molecule has 0 N–H and O–H groups in total. The minimum Gasteiger partial charge on any atom is -0.494 e. The standard InChI is InChI=1S/C24H30BrF3O2/c1-23-11-10-19-18-7-5-17(30-12-2-3-16(25)14-24(26,27)28)13-15(18)4-6-20(19)21(23)8-9-22(23)29/h5,7,13,16,19-21H,2-4,6,8-12,14H2,1H3/t16?,19-,20-,21+,23+/m1/s1. The predicted molar refractivity (Wildman–Crippen MR) is 114 cm³/mol. The summed E-state index contributed by atoms with van der Waals surface area (Å²) < 4.78 is 43.0. The second-order valence-electron chi connectivity index (χ2n) is 9.60. The van der Waals surface area contributed by atoms with E-state index in [9.17, 15) is 18.0 Å². The molecule has 0 heterocycles. The number of carbonyl (C=O) groups is 1. The van der Waals surface area contributed by atoms with Crippen LogP contribution >= 0.6 is 15.9 Å². The molecule has 5 atom stereocenters. The summed E-state index contributed by atoms with van der Waals surface area (Å²) in [6.07, 6.45) is 2.13. The molecule has 6 heteroatoms. The second-order valence-corrected chi connectivity index (χ2v) is 10.9. The lowest BCUT2D eigenvalue weighted by Gasteiger charge is -2.48. The largest absolute Gasteiger partial charge is 0.494 e. The molecule has 2 saturated carbocycles. The van der Waals surface area contributed by atoms with E-state index >= 15 is 0 Å². The Morgan fingerprint density at radius 1 is 1.23 bits per heavy atom. The summed E-state index contributed by atoms with van der Waals surface area (Å²) in [5.41, 5.74) is 2.67. The van der Waals surface area contributed by atoms with Crippen LogP contribution in [-0.2, 0) is 11.2 Å². The number of benzene rings is 1. The minimum atomic E-state index is -4.13. The van der Waals surface area contributed by atoms with E-state index in [4.69, 9.17) is 4.74 Å². The maximum absolute atomic E-state index is 12.5. The minimum absolute atomic E-state index is 0.0961. The first-order valence-corrected chi connectivity index (χ1v) is 12.1. The van der Waals surface area contributed by atoms with Gasteiger partial charge in [0.2, 0.25) is 0 Å². The van der Waals surface area contributed by atoms with Crippen LogP contribution in [0.5, 0.6) is 5.75 Å². The highest BCUT2D eigenvalue weighted by Gasteiger charge is 2.54. The van der Waals surface area contributed by atoms with Crippen molar-refractivity contribution in [1.29, 1.82) is 0 Å². The Morgan fingerprint density at radius 3 is 2.80 bits per heavy atom. The van der Waals surface area contributed by atoms with Gasteiger partial charge in [-0.25, -0.2) is 0 Å². The molecule has 1 aromatic rings. The van der Waals surface area contributed by atoms with Gasteiger partial charge in [-0.05, 0) is 86.0 Å². The van der Waals surface area contributed by atoms with Crippen molar-refractivity contribution in [2.75, 3.05) is 6.61 Å². The number of Topliss-reactive ketones (excluding diaryl/α,β-unsaturated/α-hetero) is 1. The third-order valence-electron chi connectivity index (χ3n) is 7.79. The van der Waals surface area contributed by atoms with Crippen molar-refractivity contribution in [3.05, 3.63) is 29.3 Å². The molecule has 1 aromatic carbocycles. The maximum Gasteiger partial charge on any atom is 0.390 e. The second kappa shape index (κ2) is 8.48. The van der Waals surface area contributed by atoms with Crippen molar-refractivity contribution in [1.82, 2.24) is 0 Å². The van der Waals surface area contributed by atoms with Gasteiger partial charge >= 0.3 is 6.18 Å². The predicted octanol–water partition coefficient (Wildman–Crippen LogP) is 6.99. The Kier molecular flexibility index (Phi) is 6.26. The molecule has 30 heavy (non-hydrogen) atoms. The highest BCUT2D eigenvalue weighted by Crippen LogP contribution is 2.59. The van der Waals surface area contributed by atoms with Crippen LogP contribution in [-0.4, -0.2) is 23.4 Å². The van der Waals surface area contributed by atoms with Crippen molar-refractivity contribution in [2.24, 2.45) is 17.3 Å². The topological polar surface area (TPSA) is 26.3 Å². The Labute approximate surface area is 185 Å².